The molecule has 1 aromatic carbocycles. The summed E-state index contributed by atoms with van der Waals surface area (Å²) in [6.45, 7) is 6.84. The van der Waals surface area contributed by atoms with Crippen LogP contribution in [0.5, 0.6) is 0 Å². The lowest BCUT2D eigenvalue weighted by molar-refractivity contribution is -0.125. The largest absolute Gasteiger partial charge is 0.335 e. The molecule has 2 aromatic rings. The summed E-state index contributed by atoms with van der Waals surface area (Å²) in [6.07, 6.45) is 7.10. The third-order valence-electron chi connectivity index (χ3n) is 5.97. The van der Waals surface area contributed by atoms with Gasteiger partial charge in [-0.25, -0.2) is 0 Å². The van der Waals surface area contributed by atoms with Crippen molar-refractivity contribution in [3.63, 3.8) is 0 Å². The number of nitrogens with one attached hydrogen (secondary N) is 1. The van der Waals surface area contributed by atoms with Crippen molar-refractivity contribution in [3.05, 3.63) is 71.6 Å². The first-order chi connectivity index (χ1) is 14.0. The van der Waals surface area contributed by atoms with Gasteiger partial charge in [0, 0.05) is 37.0 Å². The van der Waals surface area contributed by atoms with Gasteiger partial charge >= 0.3 is 0 Å². The van der Waals surface area contributed by atoms with Crippen LogP contribution in [0.15, 0.2) is 49.1 Å². The van der Waals surface area contributed by atoms with Crippen LogP contribution < -0.4 is 0 Å². The highest BCUT2D eigenvalue weighted by atomic mass is 32.1. The van der Waals surface area contributed by atoms with E-state index in [0.717, 1.165) is 28.9 Å². The number of benzene rings is 1. The quantitative estimate of drug-likeness (QED) is 0.682. The number of aromatic amines is 1. The number of H-pyrrole nitrogens is 1. The van der Waals surface area contributed by atoms with E-state index in [4.69, 9.17) is 0 Å². The summed E-state index contributed by atoms with van der Waals surface area (Å²) in [4.78, 5) is 26.2. The van der Waals surface area contributed by atoms with E-state index in [-0.39, 0.29) is 31.1 Å². The first kappa shape index (κ1) is 22.1. The lowest BCUT2D eigenvalue weighted by atomic mass is 9.91. The van der Waals surface area contributed by atoms with Gasteiger partial charge in [0.2, 0.25) is 5.91 Å². The minimum Gasteiger partial charge on any atom is -0.335 e. The highest BCUT2D eigenvalue weighted by Crippen LogP contribution is 2.39. The summed E-state index contributed by atoms with van der Waals surface area (Å²) in [5.41, 5.74) is 5.43. The Kier molecular flexibility index (Phi) is 6.98. The number of carbonyl (C=O) groups excluding carboxylic acids is 2. The van der Waals surface area contributed by atoms with Gasteiger partial charge < -0.3 is 4.90 Å². The zero-order chi connectivity index (χ0) is 20.4. The molecular weight excluding hydrogens is 394 g/mol. The maximum Gasteiger partial charge on any atom is 0.246 e. The van der Waals surface area contributed by atoms with E-state index >= 15 is 0 Å². The SMILES string of the molecule is C=CC(=O)N1CC=C(c2ccc([C@H](C)C(=O)Cc3cc(C4CC4)n[nH]3)cc2)CC1.S. The molecule has 0 bridgehead atoms. The Balaban J connectivity index is 0.00000256. The summed E-state index contributed by atoms with van der Waals surface area (Å²) in [7, 11) is 0. The van der Waals surface area contributed by atoms with Gasteiger partial charge in [0.1, 0.15) is 5.78 Å². The van der Waals surface area contributed by atoms with Crippen LogP contribution in [-0.2, 0) is 16.0 Å². The van der Waals surface area contributed by atoms with Crippen molar-refractivity contribution in [3.8, 4) is 0 Å². The van der Waals surface area contributed by atoms with Gasteiger partial charge in [0.15, 0.2) is 0 Å². The molecule has 1 aromatic heterocycles. The smallest absolute Gasteiger partial charge is 0.246 e. The maximum absolute atomic E-state index is 12.7. The number of Topliss-reactive ketones (excluding diaryl/α,β-unsaturated/α-hetero) is 1. The number of ketones is 1. The van der Waals surface area contributed by atoms with Crippen molar-refractivity contribution in [2.75, 3.05) is 13.1 Å². The highest BCUT2D eigenvalue weighted by molar-refractivity contribution is 7.59. The molecule has 0 radical (unpaired) electrons. The molecule has 1 saturated carbocycles. The number of aromatic nitrogens is 2. The Labute approximate surface area is 184 Å². The average Bonchev–Trinajstić information content (AvgIpc) is 3.52. The van der Waals surface area contributed by atoms with E-state index < -0.39 is 0 Å². The molecule has 0 unspecified atom stereocenters. The Hall–Kier alpha value is -2.60. The molecule has 6 heteroatoms. The normalized spacial score (nSPS) is 17.0. The van der Waals surface area contributed by atoms with Gasteiger partial charge in [-0.3, -0.25) is 14.7 Å². The zero-order valence-corrected chi connectivity index (χ0v) is 18.4. The van der Waals surface area contributed by atoms with E-state index in [1.807, 2.05) is 25.1 Å². The zero-order valence-electron chi connectivity index (χ0n) is 17.4. The molecule has 2 heterocycles. The Morgan fingerprint density at radius 1 is 1.30 bits per heavy atom. The van der Waals surface area contributed by atoms with E-state index in [1.54, 1.807) is 4.90 Å². The number of carbonyl (C=O) groups is 2. The molecule has 0 spiro atoms. The summed E-state index contributed by atoms with van der Waals surface area (Å²) >= 11 is 0. The van der Waals surface area contributed by atoms with Crippen LogP contribution in [0.1, 0.15) is 60.5 Å². The predicted molar refractivity (Wildman–Crippen MR) is 124 cm³/mol. The van der Waals surface area contributed by atoms with Crippen LogP contribution in [0.3, 0.4) is 0 Å². The fourth-order valence-electron chi connectivity index (χ4n) is 3.83. The maximum atomic E-state index is 12.7. The van der Waals surface area contributed by atoms with Gasteiger partial charge in [-0.15, -0.1) is 0 Å². The third-order valence-corrected chi connectivity index (χ3v) is 5.97. The highest BCUT2D eigenvalue weighted by Gasteiger charge is 2.26. The van der Waals surface area contributed by atoms with Crippen LogP contribution in [0.4, 0.5) is 0 Å². The number of amides is 1. The van der Waals surface area contributed by atoms with Crippen LogP contribution in [-0.4, -0.2) is 39.9 Å². The van der Waals surface area contributed by atoms with E-state index in [2.05, 4.69) is 35.0 Å². The van der Waals surface area contributed by atoms with Gasteiger partial charge in [0.25, 0.3) is 0 Å². The first-order valence-corrected chi connectivity index (χ1v) is 10.3. The van der Waals surface area contributed by atoms with Crippen LogP contribution in [0.25, 0.3) is 5.57 Å². The Bertz CT molecular complexity index is 957. The minimum atomic E-state index is -0.155. The molecular formula is C24H29N3O2S. The van der Waals surface area contributed by atoms with Gasteiger partial charge in [-0.05, 0) is 48.1 Å². The standard InChI is InChI=1S/C24H27N3O2.H2S/c1-3-24(29)27-12-10-19(11-13-27)18-6-4-17(5-7-18)16(2)23(28)15-21-14-22(26-25-21)20-8-9-20;/h3-7,10,14,16,20H,1,8-9,11-13,15H2,2H3,(H,25,26);1H2/t16-;/m0./s1. The average molecular weight is 424 g/mol. The lowest BCUT2D eigenvalue weighted by Gasteiger charge is -2.25. The molecule has 30 heavy (non-hydrogen) atoms. The van der Waals surface area contributed by atoms with Crippen LogP contribution >= 0.6 is 13.5 Å². The number of nitrogens with zero attached hydrogens (tertiary/aromatic N) is 2. The fourth-order valence-corrected chi connectivity index (χ4v) is 3.83. The second kappa shape index (κ2) is 9.47. The van der Waals surface area contributed by atoms with Crippen molar-refractivity contribution < 1.29 is 9.59 Å². The Morgan fingerprint density at radius 2 is 2.03 bits per heavy atom. The van der Waals surface area contributed by atoms with Crippen molar-refractivity contribution in [1.82, 2.24) is 15.1 Å². The Morgan fingerprint density at radius 3 is 2.63 bits per heavy atom. The van der Waals surface area contributed by atoms with Gasteiger partial charge in [0.05, 0.1) is 5.69 Å². The molecule has 5 nitrogen and oxygen atoms in total. The van der Waals surface area contributed by atoms with E-state index in [9.17, 15) is 9.59 Å². The molecule has 4 rings (SSSR count). The molecule has 1 N–H and O–H groups in total. The van der Waals surface area contributed by atoms with E-state index in [1.165, 1.54) is 24.5 Å². The summed E-state index contributed by atoms with van der Waals surface area (Å²) in [5.74, 6) is 0.609. The first-order valence-electron chi connectivity index (χ1n) is 10.3. The van der Waals surface area contributed by atoms with Crippen molar-refractivity contribution >= 4 is 30.8 Å². The minimum absolute atomic E-state index is 0. The fraction of sp³-hybridized carbons (Fsp3) is 0.375. The van der Waals surface area contributed by atoms with Crippen molar-refractivity contribution in [2.24, 2.45) is 0 Å². The van der Waals surface area contributed by atoms with Crippen LogP contribution in [0, 0.1) is 0 Å². The second-order valence-electron chi connectivity index (χ2n) is 8.05. The number of hydrogen-bond acceptors (Lipinski definition) is 3. The molecule has 1 aliphatic carbocycles. The lowest BCUT2D eigenvalue weighted by Crippen LogP contribution is -2.33. The summed E-state index contributed by atoms with van der Waals surface area (Å²) in [5, 5.41) is 7.35. The number of hydrogen-bond donors (Lipinski definition) is 1. The van der Waals surface area contributed by atoms with Crippen molar-refractivity contribution in [1.29, 1.82) is 0 Å². The molecule has 1 fully saturated rings. The third kappa shape index (κ3) is 4.93. The molecule has 2 aliphatic rings. The molecule has 0 saturated heterocycles. The summed E-state index contributed by atoms with van der Waals surface area (Å²) < 4.78 is 0. The van der Waals surface area contributed by atoms with Gasteiger partial charge in [-0.2, -0.15) is 18.6 Å². The molecule has 1 atom stereocenters. The second-order valence-corrected chi connectivity index (χ2v) is 8.05. The van der Waals surface area contributed by atoms with Crippen LogP contribution in [0.2, 0.25) is 0 Å². The summed E-state index contributed by atoms with van der Waals surface area (Å²) in [6, 6.07) is 10.3. The molecule has 158 valence electrons. The number of rotatable bonds is 7. The van der Waals surface area contributed by atoms with E-state index in [0.29, 0.717) is 25.4 Å². The van der Waals surface area contributed by atoms with Crippen molar-refractivity contribution in [2.45, 2.75) is 44.4 Å². The van der Waals surface area contributed by atoms with Gasteiger partial charge in [-0.1, -0.05) is 43.8 Å². The topological polar surface area (TPSA) is 66.1 Å². The molecule has 1 amide bonds. The molecule has 1 aliphatic heterocycles. The predicted octanol–water partition coefficient (Wildman–Crippen LogP) is 4.12. The monoisotopic (exact) mass is 423 g/mol.